The van der Waals surface area contributed by atoms with Crippen molar-refractivity contribution in [1.29, 1.82) is 0 Å². The number of carbonyl (C=O) groups is 2. The van der Waals surface area contributed by atoms with Crippen molar-refractivity contribution in [3.63, 3.8) is 0 Å². The zero-order valence-corrected chi connectivity index (χ0v) is 21.1. The molecule has 1 heterocycles. The Morgan fingerprint density at radius 3 is 2.34 bits per heavy atom. The number of carbonyl (C=O) groups excluding carboxylic acids is 1. The van der Waals surface area contributed by atoms with Gasteiger partial charge >= 0.3 is 11.9 Å². The summed E-state index contributed by atoms with van der Waals surface area (Å²) in [5, 5.41) is 12.4. The van der Waals surface area contributed by atoms with Crippen LogP contribution >= 0.6 is 0 Å². The Kier molecular flexibility index (Phi) is 8.25. The zero-order chi connectivity index (χ0) is 27.1. The van der Waals surface area contributed by atoms with Gasteiger partial charge in [-0.1, -0.05) is 48.5 Å². The van der Waals surface area contributed by atoms with E-state index in [1.807, 2.05) is 43.3 Å². The van der Waals surface area contributed by atoms with E-state index >= 15 is 0 Å². The monoisotopic (exact) mass is 509 g/mol. The molecule has 0 aliphatic rings. The van der Waals surface area contributed by atoms with Crippen LogP contribution in [0.4, 0.5) is 11.5 Å². The van der Waals surface area contributed by atoms with Gasteiger partial charge in [0.2, 0.25) is 0 Å². The first-order valence-corrected chi connectivity index (χ1v) is 12.1. The molecule has 3 aromatic carbocycles. The van der Waals surface area contributed by atoms with Crippen LogP contribution in [0.5, 0.6) is 5.75 Å². The van der Waals surface area contributed by atoms with Crippen molar-refractivity contribution in [2.75, 3.05) is 5.32 Å². The summed E-state index contributed by atoms with van der Waals surface area (Å²) in [6.07, 6.45) is 2.72. The lowest BCUT2D eigenvalue weighted by Gasteiger charge is -2.14. The highest BCUT2D eigenvalue weighted by Gasteiger charge is 2.17. The fourth-order valence-corrected chi connectivity index (χ4v) is 3.86. The highest BCUT2D eigenvalue weighted by molar-refractivity contribution is 5.91. The summed E-state index contributed by atoms with van der Waals surface area (Å²) in [5.74, 6) is 0.219. The van der Waals surface area contributed by atoms with Crippen molar-refractivity contribution in [3.8, 4) is 17.1 Å². The molecular formula is C30H29N4O4+. The van der Waals surface area contributed by atoms with Crippen LogP contribution in [0.15, 0.2) is 91.5 Å². The number of hydrogen-bond donors (Lipinski definition) is 3. The molecule has 0 aliphatic heterocycles. The van der Waals surface area contributed by atoms with Crippen LogP contribution in [0.2, 0.25) is 0 Å². The quantitative estimate of drug-likeness (QED) is 0.164. The van der Waals surface area contributed by atoms with E-state index in [1.54, 1.807) is 48.5 Å². The van der Waals surface area contributed by atoms with Crippen molar-refractivity contribution < 1.29 is 25.2 Å². The molecule has 0 saturated carbocycles. The van der Waals surface area contributed by atoms with Crippen LogP contribution in [-0.4, -0.2) is 33.1 Å². The number of nitrogens with zero attached hydrogens (tertiary/aromatic N) is 2. The Morgan fingerprint density at radius 2 is 1.71 bits per heavy atom. The maximum absolute atomic E-state index is 12.7. The number of ether oxygens (including phenoxy) is 1. The summed E-state index contributed by atoms with van der Waals surface area (Å²) in [6, 6.07) is 22.7. The van der Waals surface area contributed by atoms with Crippen LogP contribution in [0.3, 0.4) is 0 Å². The summed E-state index contributed by atoms with van der Waals surface area (Å²) in [6.45, 7) is 5.81. The van der Waals surface area contributed by atoms with Crippen molar-refractivity contribution >= 4 is 23.4 Å². The van der Waals surface area contributed by atoms with Gasteiger partial charge in [0.1, 0.15) is 11.6 Å². The number of anilines is 2. The topological polar surface area (TPSA) is 129 Å². The third-order valence-electron chi connectivity index (χ3n) is 5.94. The predicted octanol–water partition coefficient (Wildman–Crippen LogP) is 4.38. The molecule has 0 aliphatic carbocycles. The number of benzene rings is 3. The Balaban J connectivity index is 1.47. The number of nitrogens with one attached hydrogen (secondary N) is 1. The van der Waals surface area contributed by atoms with Crippen molar-refractivity contribution in [3.05, 3.63) is 114 Å². The number of aromatic nitrogens is 2. The molecule has 192 valence electrons. The first-order chi connectivity index (χ1) is 18.3. The third-order valence-corrected chi connectivity index (χ3v) is 5.94. The van der Waals surface area contributed by atoms with Gasteiger partial charge in [-0.25, -0.2) is 19.6 Å². The van der Waals surface area contributed by atoms with E-state index in [0.29, 0.717) is 35.8 Å². The minimum absolute atomic E-state index is 0.297. The molecule has 38 heavy (non-hydrogen) atoms. The minimum atomic E-state index is -0.957. The molecule has 8 heteroatoms. The van der Waals surface area contributed by atoms with Gasteiger partial charge in [-0.05, 0) is 55.3 Å². The van der Waals surface area contributed by atoms with E-state index in [4.69, 9.17) is 14.8 Å². The van der Waals surface area contributed by atoms with Gasteiger partial charge in [0.15, 0.2) is 11.9 Å². The average Bonchev–Trinajstić information content (AvgIpc) is 2.92. The average molecular weight is 510 g/mol. The largest absolute Gasteiger partial charge is 0.477 e. The van der Waals surface area contributed by atoms with E-state index in [0.717, 1.165) is 28.1 Å². The van der Waals surface area contributed by atoms with Gasteiger partial charge < -0.3 is 20.9 Å². The smallest absolute Gasteiger partial charge is 0.362 e. The molecule has 5 N–H and O–H groups in total. The molecule has 0 fully saturated rings. The first-order valence-electron chi connectivity index (χ1n) is 12.1. The normalized spacial score (nSPS) is 11.4. The van der Waals surface area contributed by atoms with E-state index in [9.17, 15) is 9.59 Å². The molecule has 4 rings (SSSR count). The molecule has 8 nitrogen and oxygen atoms in total. The Bertz CT molecular complexity index is 1440. The number of aliphatic carboxylic acids is 1. The van der Waals surface area contributed by atoms with Crippen molar-refractivity contribution in [1.82, 2.24) is 9.97 Å². The van der Waals surface area contributed by atoms with Crippen LogP contribution in [0, 0.1) is 6.92 Å². The van der Waals surface area contributed by atoms with E-state index in [-0.39, 0.29) is 0 Å². The van der Waals surface area contributed by atoms with Crippen molar-refractivity contribution in [2.45, 2.75) is 25.8 Å². The second-order valence-corrected chi connectivity index (χ2v) is 8.79. The molecule has 0 bridgehead atoms. The van der Waals surface area contributed by atoms with Gasteiger partial charge in [0.05, 0.1) is 5.56 Å². The zero-order valence-electron chi connectivity index (χ0n) is 21.1. The number of hydrogen-bond acceptors (Lipinski definition) is 6. The standard InChI is InChI=1S/C30H28N4O4/c1-3-7-25-19(2)32-27(21-8-5-4-6-9-21)34-28(25)33-23-14-12-22(13-15-23)30(37)38-24-16-10-20(11-17-24)18-26(31)29(35)36/h3-6,8-17,26H,1,7,18,31H2,2H3,(H,35,36)(H,32,33,34)/p+1/t26-/m0/s1. The van der Waals surface area contributed by atoms with Gasteiger partial charge in [0, 0.05) is 28.9 Å². The maximum Gasteiger partial charge on any atom is 0.362 e. The van der Waals surface area contributed by atoms with Crippen LogP contribution in [0.25, 0.3) is 11.4 Å². The summed E-state index contributed by atoms with van der Waals surface area (Å²) >= 11 is 0. The fraction of sp³-hybridized carbons (Fsp3) is 0.133. The number of allylic oxidation sites excluding steroid dienone is 1. The first kappa shape index (κ1) is 26.2. The van der Waals surface area contributed by atoms with Crippen LogP contribution in [0.1, 0.15) is 27.2 Å². The molecule has 1 aromatic heterocycles. The predicted molar refractivity (Wildman–Crippen MR) is 145 cm³/mol. The molecule has 4 aromatic rings. The fourth-order valence-electron chi connectivity index (χ4n) is 3.86. The summed E-state index contributed by atoms with van der Waals surface area (Å²) in [7, 11) is 0. The molecule has 1 atom stereocenters. The number of rotatable bonds is 10. The molecule has 0 unspecified atom stereocenters. The second kappa shape index (κ2) is 11.9. The molecule has 0 radical (unpaired) electrons. The number of aryl methyl sites for hydroxylation is 1. The number of carboxylic acids is 1. The van der Waals surface area contributed by atoms with E-state index < -0.39 is 18.0 Å². The summed E-state index contributed by atoms with van der Waals surface area (Å²) < 4.78 is 5.47. The minimum Gasteiger partial charge on any atom is -0.477 e. The lowest BCUT2D eigenvalue weighted by Crippen LogP contribution is -2.65. The lowest BCUT2D eigenvalue weighted by molar-refractivity contribution is -0.407. The highest BCUT2D eigenvalue weighted by Crippen LogP contribution is 2.26. The van der Waals surface area contributed by atoms with Gasteiger partial charge in [-0.3, -0.25) is 0 Å². The Hall–Kier alpha value is -4.82. The van der Waals surface area contributed by atoms with Gasteiger partial charge in [-0.15, -0.1) is 6.58 Å². The van der Waals surface area contributed by atoms with Crippen molar-refractivity contribution in [2.24, 2.45) is 0 Å². The van der Waals surface area contributed by atoms with Gasteiger partial charge in [-0.2, -0.15) is 0 Å². The molecular weight excluding hydrogens is 480 g/mol. The Labute approximate surface area is 220 Å². The van der Waals surface area contributed by atoms with Crippen LogP contribution < -0.4 is 15.8 Å². The van der Waals surface area contributed by atoms with E-state index in [2.05, 4.69) is 22.6 Å². The third kappa shape index (κ3) is 6.48. The molecule has 0 spiro atoms. The SMILES string of the molecule is C=CCc1c(C)nc(-c2ccccc2)nc1Nc1ccc(C(=O)Oc2ccc(C[C@H]([NH3+])C(=O)O)cc2)cc1. The highest BCUT2D eigenvalue weighted by atomic mass is 16.5. The number of quaternary nitrogens is 1. The second-order valence-electron chi connectivity index (χ2n) is 8.79. The number of carboxylic acid groups (broad SMARTS) is 1. The Morgan fingerprint density at radius 1 is 1.03 bits per heavy atom. The summed E-state index contributed by atoms with van der Waals surface area (Å²) in [5.41, 5.74) is 8.28. The lowest BCUT2D eigenvalue weighted by atomic mass is 10.1. The van der Waals surface area contributed by atoms with Gasteiger partial charge in [0.25, 0.3) is 0 Å². The molecule has 0 saturated heterocycles. The molecule has 0 amide bonds. The summed E-state index contributed by atoms with van der Waals surface area (Å²) in [4.78, 5) is 33.1. The van der Waals surface area contributed by atoms with E-state index in [1.165, 1.54) is 0 Å². The number of esters is 1. The van der Waals surface area contributed by atoms with Crippen LogP contribution in [-0.2, 0) is 17.6 Å². The maximum atomic E-state index is 12.7.